The molecule has 2 amide bonds. The van der Waals surface area contributed by atoms with E-state index in [1.807, 2.05) is 66.8 Å². The number of imide groups is 1. The summed E-state index contributed by atoms with van der Waals surface area (Å²) in [6, 6.07) is 15.8. The van der Waals surface area contributed by atoms with Crippen molar-refractivity contribution in [3.63, 3.8) is 0 Å². The zero-order valence-corrected chi connectivity index (χ0v) is 21.3. The fraction of sp³-hybridized carbons (Fsp3) is 0.310. The molecule has 1 aromatic heterocycles. The van der Waals surface area contributed by atoms with Gasteiger partial charge in [-0.15, -0.1) is 5.06 Å². The molecular weight excluding hydrogens is 486 g/mol. The fourth-order valence-corrected chi connectivity index (χ4v) is 4.64. The molecule has 2 aliphatic rings. The number of nitrogens with zero attached hydrogens (tertiary/aromatic N) is 3. The quantitative estimate of drug-likeness (QED) is 0.220. The second kappa shape index (κ2) is 11.3. The molecule has 5 rings (SSSR count). The van der Waals surface area contributed by atoms with Gasteiger partial charge in [-0.3, -0.25) is 9.59 Å². The van der Waals surface area contributed by atoms with Crippen LogP contribution >= 0.6 is 0 Å². The Morgan fingerprint density at radius 2 is 1.79 bits per heavy atom. The van der Waals surface area contributed by atoms with Crippen LogP contribution < -0.4 is 14.2 Å². The summed E-state index contributed by atoms with van der Waals surface area (Å²) < 4.78 is 14.3. The molecule has 9 nitrogen and oxygen atoms in total. The van der Waals surface area contributed by atoms with Crippen molar-refractivity contribution in [1.82, 2.24) is 5.06 Å². The van der Waals surface area contributed by atoms with E-state index >= 15 is 0 Å². The molecule has 0 atom stereocenters. The number of ether oxygens (including phenoxy) is 1. The number of hydrogen-bond donors (Lipinski definition) is 0. The number of carbonyl (C=O) groups is 3. The monoisotopic (exact) mass is 516 g/mol. The SMILES string of the molecule is CCN1/C(=C\C=C\c2oc3ccccc3[n+]2CCCCCC(=O)ON2C(=O)CCC2=O)Oc2ccccc21. The van der Waals surface area contributed by atoms with E-state index in [1.165, 1.54) is 0 Å². The smallest absolute Gasteiger partial charge is 0.374 e. The molecule has 0 aliphatic carbocycles. The van der Waals surface area contributed by atoms with Gasteiger partial charge >= 0.3 is 11.9 Å². The molecule has 0 N–H and O–H groups in total. The lowest BCUT2D eigenvalue weighted by atomic mass is 10.2. The number of unbranched alkanes of at least 4 members (excludes halogenated alkanes) is 2. The lowest BCUT2D eigenvalue weighted by molar-refractivity contribution is -0.678. The summed E-state index contributed by atoms with van der Waals surface area (Å²) in [6.45, 7) is 3.58. The molecule has 0 bridgehead atoms. The van der Waals surface area contributed by atoms with Crippen LogP contribution in [0, 0.1) is 0 Å². The predicted molar refractivity (Wildman–Crippen MR) is 139 cm³/mol. The van der Waals surface area contributed by atoms with Crippen LogP contribution in [-0.2, 0) is 25.8 Å². The average Bonchev–Trinajstić information content (AvgIpc) is 3.57. The van der Waals surface area contributed by atoms with Gasteiger partial charge in [0.05, 0.1) is 11.8 Å². The molecule has 2 aromatic carbocycles. The van der Waals surface area contributed by atoms with Gasteiger partial charge in [-0.2, -0.15) is 4.57 Å². The topological polar surface area (TPSA) is 93.2 Å². The van der Waals surface area contributed by atoms with Crippen LogP contribution in [0.4, 0.5) is 5.69 Å². The Morgan fingerprint density at radius 3 is 2.61 bits per heavy atom. The van der Waals surface area contributed by atoms with Crippen molar-refractivity contribution in [2.75, 3.05) is 11.4 Å². The van der Waals surface area contributed by atoms with E-state index in [0.717, 1.165) is 47.8 Å². The van der Waals surface area contributed by atoms with Crippen LogP contribution in [0.25, 0.3) is 17.2 Å². The first-order valence-corrected chi connectivity index (χ1v) is 13.0. The summed E-state index contributed by atoms with van der Waals surface area (Å²) in [7, 11) is 0. The Kier molecular flexibility index (Phi) is 7.53. The highest BCUT2D eigenvalue weighted by Crippen LogP contribution is 2.38. The van der Waals surface area contributed by atoms with Gasteiger partial charge in [-0.25, -0.2) is 4.79 Å². The Bertz CT molecular complexity index is 1410. The fourth-order valence-electron chi connectivity index (χ4n) is 4.64. The number of aryl methyl sites for hydroxylation is 1. The van der Waals surface area contributed by atoms with Gasteiger partial charge in [0.15, 0.2) is 12.3 Å². The van der Waals surface area contributed by atoms with Gasteiger partial charge in [0.25, 0.3) is 17.3 Å². The van der Waals surface area contributed by atoms with Crippen LogP contribution in [0.3, 0.4) is 0 Å². The zero-order chi connectivity index (χ0) is 26.5. The molecule has 2 aliphatic heterocycles. The number of allylic oxidation sites excluding steroid dienone is 2. The number of para-hydroxylation sites is 4. The van der Waals surface area contributed by atoms with Crippen molar-refractivity contribution < 1.29 is 32.9 Å². The van der Waals surface area contributed by atoms with Crippen molar-refractivity contribution in [2.24, 2.45) is 0 Å². The van der Waals surface area contributed by atoms with E-state index in [-0.39, 0.29) is 19.3 Å². The molecule has 9 heteroatoms. The highest BCUT2D eigenvalue weighted by molar-refractivity contribution is 6.01. The standard InChI is InChI=1S/C29H30N3O6/c1-2-30-21-11-5-7-13-23(21)36-27(30)15-10-16-28-31(22-12-6-8-14-24(22)37-28)20-9-3-4-17-29(35)38-32-25(33)18-19-26(32)34/h5-8,10-16H,2-4,9,17-20H2,1H3/q+1. The number of aromatic nitrogens is 1. The van der Waals surface area contributed by atoms with Crippen molar-refractivity contribution in [1.29, 1.82) is 0 Å². The first-order chi connectivity index (χ1) is 18.5. The number of benzene rings is 2. The van der Waals surface area contributed by atoms with Crippen molar-refractivity contribution in [2.45, 2.75) is 52.0 Å². The van der Waals surface area contributed by atoms with E-state index < -0.39 is 17.8 Å². The molecule has 3 aromatic rings. The molecule has 38 heavy (non-hydrogen) atoms. The minimum absolute atomic E-state index is 0.0907. The average molecular weight is 517 g/mol. The first-order valence-electron chi connectivity index (χ1n) is 13.0. The number of hydrogen-bond acceptors (Lipinski definition) is 7. The molecule has 1 fully saturated rings. The van der Waals surface area contributed by atoms with Gasteiger partial charge in [0.2, 0.25) is 11.5 Å². The lowest BCUT2D eigenvalue weighted by Crippen LogP contribution is -2.35. The Balaban J connectivity index is 1.20. The molecule has 3 heterocycles. The third-order valence-corrected chi connectivity index (χ3v) is 6.53. The third kappa shape index (κ3) is 5.32. The molecule has 0 unspecified atom stereocenters. The largest absolute Gasteiger partial charge is 0.439 e. The van der Waals surface area contributed by atoms with Crippen LogP contribution in [0.15, 0.2) is 71.0 Å². The maximum Gasteiger partial charge on any atom is 0.374 e. The summed E-state index contributed by atoms with van der Waals surface area (Å²) in [5.74, 6) is 0.826. The molecule has 0 spiro atoms. The van der Waals surface area contributed by atoms with E-state index in [1.54, 1.807) is 0 Å². The van der Waals surface area contributed by atoms with E-state index in [4.69, 9.17) is 14.0 Å². The minimum atomic E-state index is -0.566. The number of anilines is 1. The Hall–Kier alpha value is -4.40. The third-order valence-electron chi connectivity index (χ3n) is 6.53. The van der Waals surface area contributed by atoms with Gasteiger partial charge < -0.3 is 18.9 Å². The van der Waals surface area contributed by atoms with Crippen LogP contribution in [0.1, 0.15) is 51.3 Å². The van der Waals surface area contributed by atoms with Gasteiger partial charge in [0, 0.05) is 38.3 Å². The molecule has 0 radical (unpaired) electrons. The zero-order valence-electron chi connectivity index (χ0n) is 21.3. The molecule has 196 valence electrons. The summed E-state index contributed by atoms with van der Waals surface area (Å²) in [4.78, 5) is 42.3. The number of oxazole rings is 1. The number of carbonyl (C=O) groups excluding carboxylic acids is 3. The van der Waals surface area contributed by atoms with E-state index in [2.05, 4.69) is 16.4 Å². The van der Waals surface area contributed by atoms with Crippen molar-refractivity contribution in [3.05, 3.63) is 72.5 Å². The Morgan fingerprint density at radius 1 is 1.03 bits per heavy atom. The summed E-state index contributed by atoms with van der Waals surface area (Å²) in [6.07, 6.45) is 8.28. The minimum Gasteiger partial charge on any atom is -0.439 e. The van der Waals surface area contributed by atoms with Gasteiger partial charge in [0.1, 0.15) is 0 Å². The second-order valence-corrected chi connectivity index (χ2v) is 9.09. The maximum atomic E-state index is 12.0. The van der Waals surface area contributed by atoms with Crippen molar-refractivity contribution in [3.8, 4) is 5.75 Å². The number of fused-ring (bicyclic) bond motifs is 2. The first kappa shape index (κ1) is 25.3. The van der Waals surface area contributed by atoms with Gasteiger partial charge in [-0.1, -0.05) is 24.3 Å². The maximum absolute atomic E-state index is 12.0. The van der Waals surface area contributed by atoms with Gasteiger partial charge in [-0.05, 0) is 50.1 Å². The summed E-state index contributed by atoms with van der Waals surface area (Å²) in [5.41, 5.74) is 2.84. The number of hydroxylamine groups is 2. The Labute approximate surface area is 220 Å². The molecular formula is C29H30N3O6+. The summed E-state index contributed by atoms with van der Waals surface area (Å²) >= 11 is 0. The second-order valence-electron chi connectivity index (χ2n) is 9.09. The van der Waals surface area contributed by atoms with Crippen molar-refractivity contribution >= 4 is 40.6 Å². The lowest BCUT2D eigenvalue weighted by Gasteiger charge is -2.14. The van der Waals surface area contributed by atoms with E-state index in [9.17, 15) is 14.4 Å². The van der Waals surface area contributed by atoms with E-state index in [0.29, 0.717) is 23.9 Å². The van der Waals surface area contributed by atoms with Crippen LogP contribution in [-0.4, -0.2) is 29.4 Å². The van der Waals surface area contributed by atoms with Crippen LogP contribution in [0.5, 0.6) is 5.75 Å². The number of rotatable bonds is 10. The molecule has 0 saturated carbocycles. The number of amides is 2. The molecule has 1 saturated heterocycles. The highest BCUT2D eigenvalue weighted by Gasteiger charge is 2.32. The highest BCUT2D eigenvalue weighted by atomic mass is 16.7. The predicted octanol–water partition coefficient (Wildman–Crippen LogP) is 4.66. The normalized spacial score (nSPS) is 16.2. The summed E-state index contributed by atoms with van der Waals surface area (Å²) in [5, 5.41) is 0.596. The van der Waals surface area contributed by atoms with Crippen LogP contribution in [0.2, 0.25) is 0 Å².